The molecule has 78 valence electrons. The second-order valence-corrected chi connectivity index (χ2v) is 4.52. The molecular weight excluding hydrogens is 280 g/mol. The van der Waals surface area contributed by atoms with Crippen LogP contribution >= 0.6 is 27.3 Å². The summed E-state index contributed by atoms with van der Waals surface area (Å²) in [7, 11) is 0. The summed E-state index contributed by atoms with van der Waals surface area (Å²) in [6.45, 7) is 0. The van der Waals surface area contributed by atoms with Crippen LogP contribution in [-0.4, -0.2) is 16.1 Å². The number of carbonyl (C=O) groups excluding carboxylic acids is 1. The molecule has 1 amide bonds. The number of carbonyl (C=O) groups is 1. The Labute approximate surface area is 97.8 Å². The molecule has 0 aromatic carbocycles. The van der Waals surface area contributed by atoms with Gasteiger partial charge in [-0.2, -0.15) is 5.10 Å². The van der Waals surface area contributed by atoms with Gasteiger partial charge in [0.2, 0.25) is 0 Å². The van der Waals surface area contributed by atoms with Gasteiger partial charge in [0.25, 0.3) is 5.91 Å². The minimum Gasteiger partial charge on any atom is -0.394 e. The average molecular weight is 287 g/mol. The van der Waals surface area contributed by atoms with E-state index in [1.54, 1.807) is 0 Å². The molecule has 0 atom stereocenters. The first-order valence-electron chi connectivity index (χ1n) is 4.01. The summed E-state index contributed by atoms with van der Waals surface area (Å²) in [5.41, 5.74) is 5.98. The summed E-state index contributed by atoms with van der Waals surface area (Å²) in [6, 6.07) is 1.82. The predicted octanol–water partition coefficient (Wildman–Crippen LogP) is 2.07. The second kappa shape index (κ2) is 4.03. The van der Waals surface area contributed by atoms with E-state index in [2.05, 4.69) is 31.4 Å². The zero-order valence-corrected chi connectivity index (χ0v) is 9.85. The van der Waals surface area contributed by atoms with Gasteiger partial charge in [0.05, 0.1) is 11.9 Å². The first-order chi connectivity index (χ1) is 7.18. The highest BCUT2D eigenvalue weighted by atomic mass is 79.9. The average Bonchev–Trinajstić information content (AvgIpc) is 2.76. The van der Waals surface area contributed by atoms with Crippen molar-refractivity contribution in [2.24, 2.45) is 0 Å². The van der Waals surface area contributed by atoms with Gasteiger partial charge in [0.15, 0.2) is 5.82 Å². The van der Waals surface area contributed by atoms with Crippen LogP contribution < -0.4 is 11.1 Å². The molecule has 2 aromatic heterocycles. The van der Waals surface area contributed by atoms with Gasteiger partial charge in [-0.05, 0) is 27.4 Å². The third-order valence-electron chi connectivity index (χ3n) is 1.73. The quantitative estimate of drug-likeness (QED) is 0.790. The van der Waals surface area contributed by atoms with E-state index in [9.17, 15) is 4.79 Å². The van der Waals surface area contributed by atoms with Crippen molar-refractivity contribution in [2.45, 2.75) is 0 Å². The van der Waals surface area contributed by atoms with Crippen molar-refractivity contribution in [1.82, 2.24) is 10.2 Å². The summed E-state index contributed by atoms with van der Waals surface area (Å²) in [5, 5.41) is 10.8. The summed E-state index contributed by atoms with van der Waals surface area (Å²) in [6.07, 6.45) is 1.44. The number of H-pyrrole nitrogens is 1. The van der Waals surface area contributed by atoms with E-state index in [0.29, 0.717) is 16.4 Å². The molecule has 2 aromatic rings. The fraction of sp³-hybridized carbons (Fsp3) is 0. The van der Waals surface area contributed by atoms with E-state index in [4.69, 9.17) is 5.73 Å². The van der Waals surface area contributed by atoms with Crippen LogP contribution in [0.5, 0.6) is 0 Å². The van der Waals surface area contributed by atoms with Crippen molar-refractivity contribution in [2.75, 3.05) is 11.1 Å². The highest BCUT2D eigenvalue weighted by Crippen LogP contribution is 2.24. The number of nitrogens with two attached hydrogens (primary N) is 1. The van der Waals surface area contributed by atoms with E-state index in [1.807, 2.05) is 11.4 Å². The van der Waals surface area contributed by atoms with Gasteiger partial charge in [-0.3, -0.25) is 9.89 Å². The standard InChI is InChI=1S/C8H7BrN4OS/c9-4-1-2-15-6(4)8(14)12-7-5(10)3-11-13-7/h1-3H,10H2,(H2,11,12,13,14). The molecule has 0 saturated carbocycles. The SMILES string of the molecule is Nc1cn[nH]c1NC(=O)c1sccc1Br. The summed E-state index contributed by atoms with van der Waals surface area (Å²) < 4.78 is 0.767. The number of hydrogen-bond acceptors (Lipinski definition) is 4. The number of nitrogens with one attached hydrogen (secondary N) is 2. The first-order valence-corrected chi connectivity index (χ1v) is 5.69. The molecule has 2 heterocycles. The molecule has 0 spiro atoms. The number of amides is 1. The second-order valence-electron chi connectivity index (χ2n) is 2.75. The number of aromatic nitrogens is 2. The van der Waals surface area contributed by atoms with Gasteiger partial charge in [-0.1, -0.05) is 0 Å². The number of aromatic amines is 1. The van der Waals surface area contributed by atoms with E-state index in [1.165, 1.54) is 17.5 Å². The molecule has 2 rings (SSSR count). The number of halogens is 1. The largest absolute Gasteiger partial charge is 0.394 e. The maximum atomic E-state index is 11.7. The van der Waals surface area contributed by atoms with E-state index < -0.39 is 0 Å². The van der Waals surface area contributed by atoms with Crippen LogP contribution in [0, 0.1) is 0 Å². The lowest BCUT2D eigenvalue weighted by Crippen LogP contribution is -2.12. The highest BCUT2D eigenvalue weighted by molar-refractivity contribution is 9.10. The van der Waals surface area contributed by atoms with Gasteiger partial charge in [0, 0.05) is 4.47 Å². The van der Waals surface area contributed by atoms with Crippen molar-refractivity contribution < 1.29 is 4.79 Å². The van der Waals surface area contributed by atoms with Crippen LogP contribution in [0.3, 0.4) is 0 Å². The van der Waals surface area contributed by atoms with E-state index >= 15 is 0 Å². The Bertz CT molecular complexity index is 492. The maximum Gasteiger partial charge on any atom is 0.268 e. The number of thiophene rings is 1. The first kappa shape index (κ1) is 10.2. The Hall–Kier alpha value is -1.34. The lowest BCUT2D eigenvalue weighted by Gasteiger charge is -2.01. The zero-order chi connectivity index (χ0) is 10.8. The van der Waals surface area contributed by atoms with Gasteiger partial charge < -0.3 is 11.1 Å². The molecule has 0 aliphatic heterocycles. The monoisotopic (exact) mass is 286 g/mol. The predicted molar refractivity (Wildman–Crippen MR) is 63.0 cm³/mol. The minimum absolute atomic E-state index is 0.215. The van der Waals surface area contributed by atoms with Crippen LogP contribution in [0.1, 0.15) is 9.67 Å². The summed E-state index contributed by atoms with van der Waals surface area (Å²) in [4.78, 5) is 12.3. The van der Waals surface area contributed by atoms with Crippen LogP contribution in [0.25, 0.3) is 0 Å². The number of nitrogen functional groups attached to an aromatic ring is 1. The van der Waals surface area contributed by atoms with E-state index in [0.717, 1.165) is 4.47 Å². The van der Waals surface area contributed by atoms with Crippen LogP contribution in [0.15, 0.2) is 22.1 Å². The highest BCUT2D eigenvalue weighted by Gasteiger charge is 2.13. The van der Waals surface area contributed by atoms with Crippen molar-refractivity contribution in [3.63, 3.8) is 0 Å². The molecule has 0 unspecified atom stereocenters. The summed E-state index contributed by atoms with van der Waals surface area (Å²) >= 11 is 4.63. The Morgan fingerprint density at radius 1 is 1.67 bits per heavy atom. The molecule has 0 fully saturated rings. The lowest BCUT2D eigenvalue weighted by atomic mass is 10.4. The number of nitrogens with zero attached hydrogens (tertiary/aromatic N) is 1. The Kier molecular flexibility index (Phi) is 2.74. The maximum absolute atomic E-state index is 11.7. The van der Waals surface area contributed by atoms with Crippen LogP contribution in [0.2, 0.25) is 0 Å². The third-order valence-corrected chi connectivity index (χ3v) is 3.57. The minimum atomic E-state index is -0.215. The lowest BCUT2D eigenvalue weighted by molar-refractivity contribution is 0.102. The number of anilines is 2. The fourth-order valence-corrected chi connectivity index (χ4v) is 2.47. The van der Waals surface area contributed by atoms with Crippen molar-refractivity contribution in [1.29, 1.82) is 0 Å². The summed E-state index contributed by atoms with van der Waals surface area (Å²) in [5.74, 6) is 0.202. The fourth-order valence-electron chi connectivity index (χ4n) is 1.02. The van der Waals surface area contributed by atoms with Crippen LogP contribution in [-0.2, 0) is 0 Å². The smallest absolute Gasteiger partial charge is 0.268 e. The number of hydrogen-bond donors (Lipinski definition) is 3. The number of rotatable bonds is 2. The molecular formula is C8H7BrN4OS. The molecule has 15 heavy (non-hydrogen) atoms. The Morgan fingerprint density at radius 3 is 3.00 bits per heavy atom. The van der Waals surface area contributed by atoms with Crippen molar-refractivity contribution in [3.05, 3.63) is 27.0 Å². The molecule has 0 saturated heterocycles. The van der Waals surface area contributed by atoms with Gasteiger partial charge in [-0.15, -0.1) is 11.3 Å². The van der Waals surface area contributed by atoms with E-state index in [-0.39, 0.29) is 5.91 Å². The molecule has 7 heteroatoms. The molecule has 0 aliphatic rings. The van der Waals surface area contributed by atoms with Gasteiger partial charge in [0.1, 0.15) is 4.88 Å². The molecule has 4 N–H and O–H groups in total. The molecule has 0 bridgehead atoms. The topological polar surface area (TPSA) is 83.8 Å². The molecule has 5 nitrogen and oxygen atoms in total. The normalized spacial score (nSPS) is 10.2. The van der Waals surface area contributed by atoms with Gasteiger partial charge in [-0.25, -0.2) is 0 Å². The van der Waals surface area contributed by atoms with Crippen molar-refractivity contribution >= 4 is 44.7 Å². The van der Waals surface area contributed by atoms with Crippen molar-refractivity contribution in [3.8, 4) is 0 Å². The molecule has 0 aliphatic carbocycles. The van der Waals surface area contributed by atoms with Crippen LogP contribution in [0.4, 0.5) is 11.5 Å². The Balaban J connectivity index is 2.18. The Morgan fingerprint density at radius 2 is 2.47 bits per heavy atom. The zero-order valence-electron chi connectivity index (χ0n) is 7.45. The third kappa shape index (κ3) is 2.02. The molecule has 0 radical (unpaired) electrons. The van der Waals surface area contributed by atoms with Gasteiger partial charge >= 0.3 is 0 Å².